The summed E-state index contributed by atoms with van der Waals surface area (Å²) in [4.78, 5) is 27.2. The number of benzene rings is 1. The number of halogens is 3. The molecule has 2 heterocycles. The highest BCUT2D eigenvalue weighted by molar-refractivity contribution is 14.1. The first kappa shape index (κ1) is 14.5. The van der Waals surface area contributed by atoms with E-state index in [4.69, 9.17) is 23.2 Å². The molecule has 2 N–H and O–H groups in total. The lowest BCUT2D eigenvalue weighted by Gasteiger charge is -2.06. The highest BCUT2D eigenvalue weighted by Crippen LogP contribution is 2.21. The van der Waals surface area contributed by atoms with E-state index in [2.05, 4.69) is 47.8 Å². The first-order valence-corrected chi connectivity index (χ1v) is 7.51. The number of aromatic amines is 1. The molecule has 0 saturated carbocycles. The SMILES string of the molecule is O=C(Nc1nc(Cl)c2[nH]cnc2n1)c1cc(Cl)ccc1I. The quantitative estimate of drug-likeness (QED) is 0.478. The van der Waals surface area contributed by atoms with E-state index in [1.165, 1.54) is 6.33 Å². The fraction of sp³-hybridized carbons (Fsp3) is 0. The van der Waals surface area contributed by atoms with Crippen molar-refractivity contribution in [1.29, 1.82) is 0 Å². The number of rotatable bonds is 2. The van der Waals surface area contributed by atoms with E-state index in [-0.39, 0.29) is 17.0 Å². The Labute approximate surface area is 142 Å². The minimum Gasteiger partial charge on any atom is -0.341 e. The van der Waals surface area contributed by atoms with E-state index in [9.17, 15) is 4.79 Å². The number of nitrogens with zero attached hydrogens (tertiary/aromatic N) is 3. The normalized spacial score (nSPS) is 10.8. The number of fused-ring (bicyclic) bond motifs is 1. The van der Waals surface area contributed by atoms with Gasteiger partial charge in [0.15, 0.2) is 10.8 Å². The number of H-pyrrole nitrogens is 1. The fourth-order valence-corrected chi connectivity index (χ4v) is 2.67. The molecule has 3 rings (SSSR count). The highest BCUT2D eigenvalue weighted by Gasteiger charge is 2.14. The van der Waals surface area contributed by atoms with Gasteiger partial charge in [0, 0.05) is 8.59 Å². The molecule has 0 aliphatic carbocycles. The molecule has 1 amide bonds. The van der Waals surface area contributed by atoms with Gasteiger partial charge in [-0.3, -0.25) is 10.1 Å². The van der Waals surface area contributed by atoms with Crippen molar-refractivity contribution in [3.63, 3.8) is 0 Å². The molecular weight excluding hydrogens is 428 g/mol. The van der Waals surface area contributed by atoms with Gasteiger partial charge in [0.2, 0.25) is 5.95 Å². The van der Waals surface area contributed by atoms with Crippen LogP contribution in [0.4, 0.5) is 5.95 Å². The summed E-state index contributed by atoms with van der Waals surface area (Å²) in [5.74, 6) is -0.284. The van der Waals surface area contributed by atoms with Crippen molar-refractivity contribution in [2.45, 2.75) is 0 Å². The first-order valence-electron chi connectivity index (χ1n) is 5.67. The van der Waals surface area contributed by atoms with Crippen LogP contribution < -0.4 is 5.32 Å². The summed E-state index contributed by atoms with van der Waals surface area (Å²) in [7, 11) is 0. The number of carbonyl (C=O) groups excluding carboxylic acids is 1. The summed E-state index contributed by atoms with van der Waals surface area (Å²) in [6.45, 7) is 0. The lowest BCUT2D eigenvalue weighted by molar-refractivity contribution is 0.102. The molecule has 0 saturated heterocycles. The number of anilines is 1. The van der Waals surface area contributed by atoms with E-state index in [1.54, 1.807) is 18.2 Å². The Morgan fingerprint density at radius 1 is 1.29 bits per heavy atom. The number of amides is 1. The molecule has 9 heteroatoms. The van der Waals surface area contributed by atoms with Crippen molar-refractivity contribution in [2.24, 2.45) is 0 Å². The lowest BCUT2D eigenvalue weighted by Crippen LogP contribution is -2.15. The van der Waals surface area contributed by atoms with Crippen LogP contribution in [-0.2, 0) is 0 Å². The van der Waals surface area contributed by atoms with Crippen LogP contribution in [-0.4, -0.2) is 25.8 Å². The van der Waals surface area contributed by atoms with Crippen LogP contribution >= 0.6 is 45.8 Å². The highest BCUT2D eigenvalue weighted by atomic mass is 127. The van der Waals surface area contributed by atoms with Crippen molar-refractivity contribution in [1.82, 2.24) is 19.9 Å². The summed E-state index contributed by atoms with van der Waals surface area (Å²) < 4.78 is 0.765. The van der Waals surface area contributed by atoms with Gasteiger partial charge in [-0.15, -0.1) is 0 Å². The summed E-state index contributed by atoms with van der Waals surface area (Å²) in [6, 6.07) is 5.04. The Hall–Kier alpha value is -1.45. The molecule has 0 atom stereocenters. The van der Waals surface area contributed by atoms with Crippen molar-refractivity contribution in [3.05, 3.63) is 43.8 Å². The van der Waals surface area contributed by atoms with E-state index in [1.807, 2.05) is 0 Å². The zero-order valence-corrected chi connectivity index (χ0v) is 13.9. The monoisotopic (exact) mass is 433 g/mol. The largest absolute Gasteiger partial charge is 0.341 e. The van der Waals surface area contributed by atoms with Gasteiger partial charge in [-0.05, 0) is 40.8 Å². The van der Waals surface area contributed by atoms with Gasteiger partial charge < -0.3 is 4.98 Å². The predicted octanol–water partition coefficient (Wildman–Crippen LogP) is 3.52. The molecule has 0 radical (unpaired) electrons. The smallest absolute Gasteiger partial charge is 0.259 e. The molecule has 2 aromatic heterocycles. The second-order valence-electron chi connectivity index (χ2n) is 4.02. The molecule has 1 aromatic carbocycles. The molecule has 3 aromatic rings. The van der Waals surface area contributed by atoms with E-state index in [0.717, 1.165) is 3.57 Å². The van der Waals surface area contributed by atoms with Crippen molar-refractivity contribution < 1.29 is 4.79 Å². The van der Waals surface area contributed by atoms with Crippen LogP contribution in [0.15, 0.2) is 24.5 Å². The van der Waals surface area contributed by atoms with Gasteiger partial charge in [0.05, 0.1) is 11.9 Å². The summed E-state index contributed by atoms with van der Waals surface area (Å²) in [6.07, 6.45) is 1.46. The van der Waals surface area contributed by atoms with Crippen molar-refractivity contribution in [2.75, 3.05) is 5.32 Å². The third-order valence-electron chi connectivity index (χ3n) is 2.64. The van der Waals surface area contributed by atoms with Gasteiger partial charge in [-0.1, -0.05) is 23.2 Å². The second-order valence-corrected chi connectivity index (χ2v) is 5.97. The zero-order chi connectivity index (χ0) is 15.0. The third kappa shape index (κ3) is 2.94. The number of aromatic nitrogens is 4. The Balaban J connectivity index is 1.94. The number of imidazole rings is 1. The molecule has 0 spiro atoms. The molecular formula is C12H6Cl2IN5O. The number of hydrogen-bond acceptors (Lipinski definition) is 4. The first-order chi connectivity index (χ1) is 10.0. The molecule has 21 heavy (non-hydrogen) atoms. The maximum atomic E-state index is 12.2. The van der Waals surface area contributed by atoms with Crippen LogP contribution in [0.3, 0.4) is 0 Å². The van der Waals surface area contributed by atoms with Gasteiger partial charge in [-0.2, -0.15) is 9.97 Å². The molecule has 106 valence electrons. The topological polar surface area (TPSA) is 83.6 Å². The average Bonchev–Trinajstić information content (AvgIpc) is 2.90. The van der Waals surface area contributed by atoms with E-state index < -0.39 is 0 Å². The van der Waals surface area contributed by atoms with Crippen LogP contribution in [0.5, 0.6) is 0 Å². The molecule has 6 nitrogen and oxygen atoms in total. The summed E-state index contributed by atoms with van der Waals surface area (Å²) >= 11 is 13.9. The van der Waals surface area contributed by atoms with Gasteiger partial charge in [0.1, 0.15) is 5.52 Å². The van der Waals surface area contributed by atoms with Crippen LogP contribution in [0.25, 0.3) is 11.2 Å². The standard InChI is InChI=1S/C12H6Cl2IN5O/c13-5-1-2-7(15)6(3-5)11(21)20-12-18-9(14)8-10(19-12)17-4-16-8/h1-4H,(H2,16,17,18,19,20,21). The summed E-state index contributed by atoms with van der Waals surface area (Å²) in [5.41, 5.74) is 1.34. The Bertz CT molecular complexity index is 851. The molecule has 0 unspecified atom stereocenters. The van der Waals surface area contributed by atoms with Gasteiger partial charge in [0.25, 0.3) is 5.91 Å². The molecule has 0 bridgehead atoms. The molecule has 0 fully saturated rings. The van der Waals surface area contributed by atoms with Crippen LogP contribution in [0, 0.1) is 3.57 Å². The minimum absolute atomic E-state index is 0.0837. The van der Waals surface area contributed by atoms with Gasteiger partial charge >= 0.3 is 0 Å². The number of hydrogen-bond donors (Lipinski definition) is 2. The number of carbonyl (C=O) groups is 1. The van der Waals surface area contributed by atoms with E-state index >= 15 is 0 Å². The van der Waals surface area contributed by atoms with Crippen molar-refractivity contribution >= 4 is 68.8 Å². The zero-order valence-electron chi connectivity index (χ0n) is 10.2. The van der Waals surface area contributed by atoms with Crippen LogP contribution in [0.2, 0.25) is 10.2 Å². The van der Waals surface area contributed by atoms with Crippen LogP contribution in [0.1, 0.15) is 10.4 Å². The maximum Gasteiger partial charge on any atom is 0.259 e. The molecule has 0 aliphatic heterocycles. The third-order valence-corrected chi connectivity index (χ3v) is 4.09. The Morgan fingerprint density at radius 3 is 2.90 bits per heavy atom. The van der Waals surface area contributed by atoms with Crippen molar-refractivity contribution in [3.8, 4) is 0 Å². The predicted molar refractivity (Wildman–Crippen MR) is 88.8 cm³/mol. The number of nitrogens with one attached hydrogen (secondary N) is 2. The summed E-state index contributed by atoms with van der Waals surface area (Å²) in [5, 5.41) is 3.25. The average molecular weight is 434 g/mol. The lowest BCUT2D eigenvalue weighted by atomic mass is 10.2. The van der Waals surface area contributed by atoms with Gasteiger partial charge in [-0.25, -0.2) is 4.98 Å². The molecule has 0 aliphatic rings. The second kappa shape index (κ2) is 5.74. The Morgan fingerprint density at radius 2 is 2.10 bits per heavy atom. The maximum absolute atomic E-state index is 12.2. The van der Waals surface area contributed by atoms with E-state index in [0.29, 0.717) is 21.7 Å². The minimum atomic E-state index is -0.368. The Kier molecular flexibility index (Phi) is 3.96. The fourth-order valence-electron chi connectivity index (χ4n) is 1.69.